The van der Waals surface area contributed by atoms with Crippen LogP contribution in [0.4, 0.5) is 0 Å². The first-order chi connectivity index (χ1) is 8.38. The Bertz CT molecular complexity index is 238. The van der Waals surface area contributed by atoms with Crippen LogP contribution in [0.25, 0.3) is 0 Å². The van der Waals surface area contributed by atoms with Gasteiger partial charge >= 0.3 is 0 Å². The topological polar surface area (TPSA) is 0 Å². The van der Waals surface area contributed by atoms with Crippen LogP contribution in [-0.2, 0) is 0 Å². The van der Waals surface area contributed by atoms with E-state index in [2.05, 4.69) is 6.92 Å². The number of hydrogen-bond donors (Lipinski definition) is 0. The first-order valence-corrected chi connectivity index (χ1v) is 8.38. The minimum Gasteiger partial charge on any atom is -0.0654 e. The molecule has 4 unspecified atom stereocenters. The summed E-state index contributed by atoms with van der Waals surface area (Å²) in [4.78, 5) is 0. The van der Waals surface area contributed by atoms with Crippen LogP contribution in [0.5, 0.6) is 0 Å². The Morgan fingerprint density at radius 1 is 0.765 bits per heavy atom. The largest absolute Gasteiger partial charge is 0.0654 e. The molecular weight excluding hydrogens is 204 g/mol. The lowest BCUT2D eigenvalue weighted by Gasteiger charge is -2.36. The van der Waals surface area contributed by atoms with E-state index in [4.69, 9.17) is 0 Å². The van der Waals surface area contributed by atoms with E-state index in [1.165, 1.54) is 25.7 Å². The molecule has 0 aliphatic heterocycles. The third-order valence-corrected chi connectivity index (χ3v) is 6.27. The van der Waals surface area contributed by atoms with Gasteiger partial charge in [-0.1, -0.05) is 51.9 Å². The van der Waals surface area contributed by atoms with Gasteiger partial charge in [-0.3, -0.25) is 0 Å². The first kappa shape index (κ1) is 12.1. The molecule has 3 fully saturated rings. The summed E-state index contributed by atoms with van der Waals surface area (Å²) < 4.78 is 0. The lowest BCUT2D eigenvalue weighted by molar-refractivity contribution is 0.140. The predicted octanol–water partition coefficient (Wildman–Crippen LogP) is 5.42. The second kappa shape index (κ2) is 5.33. The molecule has 0 heterocycles. The predicted molar refractivity (Wildman–Crippen MR) is 73.9 cm³/mol. The van der Waals surface area contributed by atoms with E-state index in [0.717, 1.165) is 29.6 Å². The van der Waals surface area contributed by atoms with Crippen LogP contribution in [0.15, 0.2) is 0 Å². The van der Waals surface area contributed by atoms with Crippen molar-refractivity contribution in [1.82, 2.24) is 0 Å². The van der Waals surface area contributed by atoms with Crippen LogP contribution in [-0.4, -0.2) is 0 Å². The third kappa shape index (κ3) is 2.42. The summed E-state index contributed by atoms with van der Waals surface area (Å²) in [7, 11) is 0. The lowest BCUT2D eigenvalue weighted by atomic mass is 9.69. The maximum atomic E-state index is 2.36. The quantitative estimate of drug-likeness (QED) is 0.611. The number of hydrogen-bond acceptors (Lipinski definition) is 0. The molecule has 0 aromatic carbocycles. The van der Waals surface area contributed by atoms with E-state index in [1.54, 1.807) is 44.9 Å². The number of fused-ring (bicyclic) bond motifs is 1. The molecule has 0 aromatic rings. The monoisotopic (exact) mass is 234 g/mol. The molecule has 3 saturated carbocycles. The molecule has 4 atom stereocenters. The van der Waals surface area contributed by atoms with E-state index < -0.39 is 0 Å². The van der Waals surface area contributed by atoms with Gasteiger partial charge < -0.3 is 0 Å². The molecule has 98 valence electrons. The van der Waals surface area contributed by atoms with Gasteiger partial charge in [0, 0.05) is 0 Å². The van der Waals surface area contributed by atoms with Gasteiger partial charge in [-0.2, -0.15) is 0 Å². The van der Waals surface area contributed by atoms with Gasteiger partial charge in [-0.15, -0.1) is 0 Å². The smallest absolute Gasteiger partial charge is 0.0355 e. The molecule has 17 heavy (non-hydrogen) atoms. The highest BCUT2D eigenvalue weighted by atomic mass is 14.5. The summed E-state index contributed by atoms with van der Waals surface area (Å²) in [5, 5.41) is 0. The number of rotatable bonds is 3. The van der Waals surface area contributed by atoms with Crippen LogP contribution in [0, 0.1) is 29.6 Å². The Kier molecular flexibility index (Phi) is 3.78. The normalized spacial score (nSPS) is 42.9. The maximum Gasteiger partial charge on any atom is -0.0355 e. The van der Waals surface area contributed by atoms with E-state index in [9.17, 15) is 0 Å². The van der Waals surface area contributed by atoms with E-state index in [-0.39, 0.29) is 0 Å². The molecule has 0 nitrogen and oxygen atoms in total. The van der Waals surface area contributed by atoms with Crippen molar-refractivity contribution >= 4 is 0 Å². The average Bonchev–Trinajstić information content (AvgIpc) is 2.96. The van der Waals surface area contributed by atoms with Gasteiger partial charge in [0.25, 0.3) is 0 Å². The minimum absolute atomic E-state index is 1.10. The fraction of sp³-hybridized carbons (Fsp3) is 1.00. The van der Waals surface area contributed by atoms with Crippen LogP contribution >= 0.6 is 0 Å². The van der Waals surface area contributed by atoms with Crippen molar-refractivity contribution in [3.05, 3.63) is 0 Å². The van der Waals surface area contributed by atoms with Crippen molar-refractivity contribution in [2.24, 2.45) is 29.6 Å². The molecule has 0 spiro atoms. The summed E-state index contributed by atoms with van der Waals surface area (Å²) in [6.45, 7) is 2.36. The minimum atomic E-state index is 1.10. The highest BCUT2D eigenvalue weighted by Gasteiger charge is 2.43. The van der Waals surface area contributed by atoms with Crippen LogP contribution in [0.1, 0.15) is 77.6 Å². The molecule has 0 N–H and O–H groups in total. The third-order valence-electron chi connectivity index (χ3n) is 6.27. The summed E-state index contributed by atoms with van der Waals surface area (Å²) in [6, 6.07) is 0. The molecule has 3 rings (SSSR count). The molecule has 3 aliphatic carbocycles. The highest BCUT2D eigenvalue weighted by molar-refractivity contribution is 4.93. The second-order valence-corrected chi connectivity index (χ2v) is 7.18. The van der Waals surface area contributed by atoms with Crippen molar-refractivity contribution in [2.75, 3.05) is 0 Å². The molecule has 0 radical (unpaired) electrons. The SMILES string of the molecule is CCCC1CCC2C(CCC2C2CCCC2)C1. The first-order valence-electron chi connectivity index (χ1n) is 8.38. The standard InChI is InChI=1S/C17H30/c1-2-5-13-8-10-17-15(12-13)9-11-16(17)14-6-3-4-7-14/h13-17H,2-12H2,1H3. The second-order valence-electron chi connectivity index (χ2n) is 7.18. The summed E-state index contributed by atoms with van der Waals surface area (Å²) in [6.07, 6.45) is 17.1. The van der Waals surface area contributed by atoms with E-state index >= 15 is 0 Å². The molecule has 0 amide bonds. The molecule has 0 saturated heterocycles. The van der Waals surface area contributed by atoms with Gasteiger partial charge in [-0.25, -0.2) is 0 Å². The zero-order valence-electron chi connectivity index (χ0n) is 11.7. The van der Waals surface area contributed by atoms with Gasteiger partial charge in [0.15, 0.2) is 0 Å². The van der Waals surface area contributed by atoms with Crippen molar-refractivity contribution in [1.29, 1.82) is 0 Å². The van der Waals surface area contributed by atoms with E-state index in [1.807, 2.05) is 0 Å². The fourth-order valence-electron chi connectivity index (χ4n) is 5.54. The zero-order valence-corrected chi connectivity index (χ0v) is 11.7. The Hall–Kier alpha value is 0. The summed E-state index contributed by atoms with van der Waals surface area (Å²) in [5.74, 6) is 5.71. The zero-order chi connectivity index (χ0) is 11.7. The van der Waals surface area contributed by atoms with Gasteiger partial charge in [0.1, 0.15) is 0 Å². The molecule has 0 aromatic heterocycles. The van der Waals surface area contributed by atoms with E-state index in [0.29, 0.717) is 0 Å². The molecular formula is C17H30. The lowest BCUT2D eigenvalue weighted by Crippen LogP contribution is -2.27. The Morgan fingerprint density at radius 3 is 2.24 bits per heavy atom. The van der Waals surface area contributed by atoms with Crippen LogP contribution < -0.4 is 0 Å². The maximum absolute atomic E-state index is 2.36. The van der Waals surface area contributed by atoms with Crippen LogP contribution in [0.3, 0.4) is 0 Å². The molecule has 3 aliphatic rings. The summed E-state index contributed by atoms with van der Waals surface area (Å²) >= 11 is 0. The summed E-state index contributed by atoms with van der Waals surface area (Å²) in [5.41, 5.74) is 0. The van der Waals surface area contributed by atoms with Gasteiger partial charge in [-0.05, 0) is 55.3 Å². The van der Waals surface area contributed by atoms with Crippen LogP contribution in [0.2, 0.25) is 0 Å². The fourth-order valence-corrected chi connectivity index (χ4v) is 5.54. The van der Waals surface area contributed by atoms with Crippen molar-refractivity contribution in [3.8, 4) is 0 Å². The average molecular weight is 234 g/mol. The van der Waals surface area contributed by atoms with Gasteiger partial charge in [0.05, 0.1) is 0 Å². The highest BCUT2D eigenvalue weighted by Crippen LogP contribution is 2.53. The van der Waals surface area contributed by atoms with Crippen molar-refractivity contribution in [2.45, 2.75) is 77.6 Å². The molecule has 0 heteroatoms. The Balaban J connectivity index is 1.58. The van der Waals surface area contributed by atoms with Crippen molar-refractivity contribution < 1.29 is 0 Å². The van der Waals surface area contributed by atoms with Gasteiger partial charge in [0.2, 0.25) is 0 Å². The molecule has 0 bridgehead atoms. The Labute approximate surface area is 108 Å². The Morgan fingerprint density at radius 2 is 1.47 bits per heavy atom. The van der Waals surface area contributed by atoms with Crippen molar-refractivity contribution in [3.63, 3.8) is 0 Å².